The van der Waals surface area contributed by atoms with Crippen molar-refractivity contribution in [2.45, 2.75) is 50.5 Å². The second kappa shape index (κ2) is 8.38. The molecule has 0 fully saturated rings. The maximum Gasteiger partial charge on any atom is 0.250 e. The van der Waals surface area contributed by atoms with E-state index >= 15 is 0 Å². The van der Waals surface area contributed by atoms with Crippen LogP contribution in [0.2, 0.25) is 0 Å². The minimum absolute atomic E-state index is 0.0516. The quantitative estimate of drug-likeness (QED) is 0.728. The van der Waals surface area contributed by atoms with Crippen molar-refractivity contribution in [2.75, 3.05) is 11.5 Å². The van der Waals surface area contributed by atoms with Crippen LogP contribution in [-0.2, 0) is 16.6 Å². The van der Waals surface area contributed by atoms with Gasteiger partial charge in [0.2, 0.25) is 10.0 Å². The van der Waals surface area contributed by atoms with Crippen LogP contribution in [0.1, 0.15) is 32.6 Å². The minimum atomic E-state index is -3.38. The van der Waals surface area contributed by atoms with E-state index in [0.29, 0.717) is 16.8 Å². The normalized spacial score (nSPS) is 13.8. The Balaban J connectivity index is 2.63. The zero-order valence-corrected chi connectivity index (χ0v) is 14.9. The summed E-state index contributed by atoms with van der Waals surface area (Å²) in [4.78, 5) is 1.04. The van der Waals surface area contributed by atoms with Crippen molar-refractivity contribution in [2.24, 2.45) is 0 Å². The highest BCUT2D eigenvalue weighted by molar-refractivity contribution is 7.99. The van der Waals surface area contributed by atoms with Gasteiger partial charge in [-0.15, -0.1) is 11.3 Å². The van der Waals surface area contributed by atoms with Crippen LogP contribution in [0.4, 0.5) is 0 Å². The van der Waals surface area contributed by atoms with Gasteiger partial charge in [0.05, 0.1) is 0 Å². The lowest BCUT2D eigenvalue weighted by molar-refractivity contribution is 0.573. The molecule has 0 spiro atoms. The number of hydrogen-bond donors (Lipinski definition) is 2. The van der Waals surface area contributed by atoms with Gasteiger partial charge in [0.1, 0.15) is 4.21 Å². The van der Waals surface area contributed by atoms with E-state index in [9.17, 15) is 8.42 Å². The van der Waals surface area contributed by atoms with Gasteiger partial charge in [0, 0.05) is 29.3 Å². The van der Waals surface area contributed by atoms with Crippen molar-refractivity contribution in [3.05, 3.63) is 17.0 Å². The zero-order valence-electron chi connectivity index (χ0n) is 12.5. The van der Waals surface area contributed by atoms with Gasteiger partial charge >= 0.3 is 0 Å². The van der Waals surface area contributed by atoms with Crippen molar-refractivity contribution in [1.82, 2.24) is 10.0 Å². The van der Waals surface area contributed by atoms with Gasteiger partial charge in [0.25, 0.3) is 0 Å². The predicted octanol–water partition coefficient (Wildman–Crippen LogP) is 2.67. The van der Waals surface area contributed by atoms with Crippen molar-refractivity contribution in [3.8, 4) is 0 Å². The van der Waals surface area contributed by atoms with E-state index < -0.39 is 10.0 Å². The van der Waals surface area contributed by atoms with E-state index in [4.69, 9.17) is 0 Å². The summed E-state index contributed by atoms with van der Waals surface area (Å²) in [6.07, 6.45) is 0. The molecule has 2 N–H and O–H groups in total. The Morgan fingerprint density at radius 2 is 2.00 bits per heavy atom. The predicted molar refractivity (Wildman–Crippen MR) is 89.1 cm³/mol. The van der Waals surface area contributed by atoms with E-state index in [1.54, 1.807) is 17.8 Å². The first-order valence-corrected chi connectivity index (χ1v) is 10.2. The third kappa shape index (κ3) is 6.13. The van der Waals surface area contributed by atoms with Crippen LogP contribution < -0.4 is 10.0 Å². The van der Waals surface area contributed by atoms with Gasteiger partial charge in [-0.1, -0.05) is 20.8 Å². The minimum Gasteiger partial charge on any atom is -0.310 e. The van der Waals surface area contributed by atoms with Crippen molar-refractivity contribution >= 4 is 33.1 Å². The highest BCUT2D eigenvalue weighted by Gasteiger charge is 2.19. The molecule has 116 valence electrons. The van der Waals surface area contributed by atoms with Gasteiger partial charge in [0.15, 0.2) is 0 Å². The standard InChI is InChI=1S/C13H24N2O2S3/c1-5-18-9-11(4)15-20(16,17)13-7-6-12(19-13)8-14-10(2)3/h6-7,10-11,14-15H,5,8-9H2,1-4H3. The van der Waals surface area contributed by atoms with E-state index in [1.807, 2.05) is 13.0 Å². The lowest BCUT2D eigenvalue weighted by Gasteiger charge is -2.12. The topological polar surface area (TPSA) is 58.2 Å². The van der Waals surface area contributed by atoms with Crippen LogP contribution in [0.25, 0.3) is 0 Å². The number of thioether (sulfide) groups is 1. The molecule has 0 saturated heterocycles. The summed E-state index contributed by atoms with van der Waals surface area (Å²) in [6, 6.07) is 3.90. The number of sulfonamides is 1. The Bertz CT molecular complexity index is 497. The van der Waals surface area contributed by atoms with Crippen molar-refractivity contribution < 1.29 is 8.42 Å². The Labute approximate surface area is 130 Å². The molecule has 20 heavy (non-hydrogen) atoms. The highest BCUT2D eigenvalue weighted by Crippen LogP contribution is 2.22. The Hall–Kier alpha value is -0.0800. The summed E-state index contributed by atoms with van der Waals surface area (Å²) in [7, 11) is -3.38. The molecular formula is C13H24N2O2S3. The average Bonchev–Trinajstić information content (AvgIpc) is 2.83. The smallest absolute Gasteiger partial charge is 0.250 e. The molecular weight excluding hydrogens is 312 g/mol. The lowest BCUT2D eigenvalue weighted by Crippen LogP contribution is -2.33. The fourth-order valence-corrected chi connectivity index (χ4v) is 4.90. The summed E-state index contributed by atoms with van der Waals surface area (Å²) < 4.78 is 27.6. The first kappa shape index (κ1) is 18.0. The van der Waals surface area contributed by atoms with Crippen LogP contribution >= 0.6 is 23.1 Å². The van der Waals surface area contributed by atoms with Crippen LogP contribution in [0.15, 0.2) is 16.3 Å². The summed E-state index contributed by atoms with van der Waals surface area (Å²) in [6.45, 7) is 8.81. The summed E-state index contributed by atoms with van der Waals surface area (Å²) in [5, 5.41) is 3.29. The monoisotopic (exact) mass is 336 g/mol. The molecule has 0 aromatic carbocycles. The molecule has 1 aromatic rings. The third-order valence-corrected chi connectivity index (χ3v) is 6.83. The molecule has 7 heteroatoms. The lowest BCUT2D eigenvalue weighted by atomic mass is 10.4. The fraction of sp³-hybridized carbons (Fsp3) is 0.692. The van der Waals surface area contributed by atoms with E-state index in [0.717, 1.165) is 16.4 Å². The molecule has 1 aromatic heterocycles. The van der Waals surface area contributed by atoms with E-state index in [2.05, 4.69) is 30.8 Å². The zero-order chi connectivity index (χ0) is 15.2. The number of rotatable bonds is 9. The van der Waals surface area contributed by atoms with Crippen LogP contribution in [0, 0.1) is 0 Å². The molecule has 4 nitrogen and oxygen atoms in total. The number of hydrogen-bond acceptors (Lipinski definition) is 5. The molecule has 1 unspecified atom stereocenters. The molecule has 1 heterocycles. The Morgan fingerprint density at radius 1 is 1.30 bits per heavy atom. The summed E-state index contributed by atoms with van der Waals surface area (Å²) >= 11 is 3.06. The number of thiophene rings is 1. The first-order chi connectivity index (χ1) is 9.35. The molecule has 0 amide bonds. The molecule has 1 atom stereocenters. The Kier molecular flexibility index (Phi) is 7.53. The second-order valence-corrected chi connectivity index (χ2v) is 9.37. The molecule has 0 radical (unpaired) electrons. The Morgan fingerprint density at radius 3 is 2.60 bits per heavy atom. The summed E-state index contributed by atoms with van der Waals surface area (Å²) in [5.41, 5.74) is 0. The first-order valence-electron chi connectivity index (χ1n) is 6.77. The van der Waals surface area contributed by atoms with Crippen LogP contribution in [0.3, 0.4) is 0 Å². The SMILES string of the molecule is CCSCC(C)NS(=O)(=O)c1ccc(CNC(C)C)s1. The number of nitrogens with one attached hydrogen (secondary N) is 2. The van der Waals surface area contributed by atoms with Gasteiger partial charge < -0.3 is 5.32 Å². The highest BCUT2D eigenvalue weighted by atomic mass is 32.2. The maximum absolute atomic E-state index is 12.2. The van der Waals surface area contributed by atoms with E-state index in [-0.39, 0.29) is 6.04 Å². The molecule has 0 aliphatic heterocycles. The maximum atomic E-state index is 12.2. The molecule has 1 rings (SSSR count). The van der Waals surface area contributed by atoms with Gasteiger partial charge in [-0.25, -0.2) is 13.1 Å². The van der Waals surface area contributed by atoms with Crippen LogP contribution in [-0.4, -0.2) is 32.0 Å². The van der Waals surface area contributed by atoms with Crippen molar-refractivity contribution in [1.29, 1.82) is 0 Å². The third-order valence-electron chi connectivity index (χ3n) is 2.51. The largest absolute Gasteiger partial charge is 0.310 e. The van der Waals surface area contributed by atoms with Gasteiger partial charge in [-0.2, -0.15) is 11.8 Å². The van der Waals surface area contributed by atoms with Gasteiger partial charge in [-0.3, -0.25) is 0 Å². The average molecular weight is 337 g/mol. The van der Waals surface area contributed by atoms with Crippen LogP contribution in [0.5, 0.6) is 0 Å². The summed E-state index contributed by atoms with van der Waals surface area (Å²) in [5.74, 6) is 1.79. The molecule has 0 saturated carbocycles. The molecule has 0 aliphatic rings. The van der Waals surface area contributed by atoms with E-state index in [1.165, 1.54) is 11.3 Å². The molecule has 0 aliphatic carbocycles. The van der Waals surface area contributed by atoms with Gasteiger partial charge in [-0.05, 0) is 24.8 Å². The van der Waals surface area contributed by atoms with Crippen molar-refractivity contribution in [3.63, 3.8) is 0 Å². The second-order valence-electron chi connectivity index (χ2n) is 4.94. The molecule has 0 bridgehead atoms. The fourth-order valence-electron chi connectivity index (χ4n) is 1.55.